The molecule has 3 N–H and O–H groups in total. The lowest BCUT2D eigenvalue weighted by molar-refractivity contribution is 0.0633. The second-order valence-corrected chi connectivity index (χ2v) is 5.74. The first kappa shape index (κ1) is 17.9. The molecule has 0 saturated carbocycles. The summed E-state index contributed by atoms with van der Waals surface area (Å²) in [5.74, 6) is -4.63. The molecule has 0 aliphatic carbocycles. The first-order valence-corrected chi connectivity index (χ1v) is 7.93. The zero-order chi connectivity index (χ0) is 19.6. The summed E-state index contributed by atoms with van der Waals surface area (Å²) in [6.07, 6.45) is 0. The molecule has 6 nitrogen and oxygen atoms in total. The number of carboxylic acids is 3. The Labute approximate surface area is 154 Å². The van der Waals surface area contributed by atoms with Crippen LogP contribution in [0.5, 0.6) is 0 Å². The van der Waals surface area contributed by atoms with Gasteiger partial charge in [-0.2, -0.15) is 0 Å². The van der Waals surface area contributed by atoms with Crippen LogP contribution >= 0.6 is 0 Å². The quantitative estimate of drug-likeness (QED) is 0.629. The first-order valence-electron chi connectivity index (χ1n) is 7.93. The van der Waals surface area contributed by atoms with Crippen LogP contribution in [0.1, 0.15) is 31.1 Å². The summed E-state index contributed by atoms with van der Waals surface area (Å²) in [5, 5.41) is 28.8. The van der Waals surface area contributed by atoms with E-state index in [1.54, 1.807) is 60.7 Å². The molecule has 0 fully saturated rings. The van der Waals surface area contributed by atoms with Crippen LogP contribution in [0.25, 0.3) is 22.3 Å². The minimum atomic E-state index is -1.61. The maximum absolute atomic E-state index is 12.0. The topological polar surface area (TPSA) is 112 Å². The Bertz CT molecular complexity index is 1040. The Kier molecular flexibility index (Phi) is 4.72. The molecule has 0 aromatic heterocycles. The van der Waals surface area contributed by atoms with Crippen LogP contribution in [0.4, 0.5) is 0 Å². The molecule has 0 atom stereocenters. The molecule has 0 spiro atoms. The molecule has 0 aliphatic rings. The molecule has 3 aromatic rings. The van der Waals surface area contributed by atoms with Gasteiger partial charge < -0.3 is 15.3 Å². The molecule has 134 valence electrons. The van der Waals surface area contributed by atoms with Gasteiger partial charge in [0.2, 0.25) is 0 Å². The van der Waals surface area contributed by atoms with Crippen molar-refractivity contribution in [1.82, 2.24) is 0 Å². The van der Waals surface area contributed by atoms with Gasteiger partial charge in [0.05, 0.1) is 16.7 Å². The molecule has 0 bridgehead atoms. The van der Waals surface area contributed by atoms with Gasteiger partial charge in [-0.15, -0.1) is 0 Å². The third-order valence-electron chi connectivity index (χ3n) is 4.13. The van der Waals surface area contributed by atoms with Crippen molar-refractivity contribution in [1.29, 1.82) is 0 Å². The van der Waals surface area contributed by atoms with Crippen molar-refractivity contribution < 1.29 is 29.7 Å². The minimum absolute atomic E-state index is 0.164. The highest BCUT2D eigenvalue weighted by Crippen LogP contribution is 2.38. The van der Waals surface area contributed by atoms with E-state index in [4.69, 9.17) is 0 Å². The third kappa shape index (κ3) is 3.28. The van der Waals surface area contributed by atoms with E-state index in [2.05, 4.69) is 0 Å². The average Bonchev–Trinajstić information content (AvgIpc) is 2.67. The van der Waals surface area contributed by atoms with Crippen LogP contribution in [0.3, 0.4) is 0 Å². The lowest BCUT2D eigenvalue weighted by Crippen LogP contribution is -2.17. The van der Waals surface area contributed by atoms with E-state index in [1.807, 2.05) is 0 Å². The fourth-order valence-electron chi connectivity index (χ4n) is 3.04. The number of rotatable bonds is 5. The zero-order valence-corrected chi connectivity index (χ0v) is 13.9. The summed E-state index contributed by atoms with van der Waals surface area (Å²) >= 11 is 0. The number of carboxylic acid groups (broad SMARTS) is 3. The minimum Gasteiger partial charge on any atom is -0.478 e. The highest BCUT2D eigenvalue weighted by molar-refractivity contribution is 6.15. The second kappa shape index (κ2) is 7.13. The van der Waals surface area contributed by atoms with Gasteiger partial charge in [0.15, 0.2) is 0 Å². The van der Waals surface area contributed by atoms with Crippen molar-refractivity contribution in [2.24, 2.45) is 0 Å². The van der Waals surface area contributed by atoms with Crippen molar-refractivity contribution in [3.05, 3.63) is 83.4 Å². The van der Waals surface area contributed by atoms with Crippen LogP contribution in [0, 0.1) is 0 Å². The molecular weight excluding hydrogens is 348 g/mol. The van der Waals surface area contributed by atoms with Gasteiger partial charge in [0.25, 0.3) is 0 Å². The SMILES string of the molecule is O=C(O)c1cc(-c2ccccc2)c(-c2ccccc2)c(C(=O)O)c1C(=O)O. The highest BCUT2D eigenvalue weighted by Gasteiger charge is 2.30. The van der Waals surface area contributed by atoms with Crippen LogP contribution < -0.4 is 0 Å². The number of carbonyl (C=O) groups is 3. The van der Waals surface area contributed by atoms with Gasteiger partial charge in [-0.05, 0) is 22.8 Å². The summed E-state index contributed by atoms with van der Waals surface area (Å²) < 4.78 is 0. The van der Waals surface area contributed by atoms with E-state index in [0.717, 1.165) is 0 Å². The van der Waals surface area contributed by atoms with Gasteiger partial charge in [-0.25, -0.2) is 14.4 Å². The van der Waals surface area contributed by atoms with Crippen molar-refractivity contribution in [2.45, 2.75) is 0 Å². The molecule has 0 saturated heterocycles. The van der Waals surface area contributed by atoms with Crippen LogP contribution in [-0.4, -0.2) is 33.2 Å². The van der Waals surface area contributed by atoms with E-state index in [1.165, 1.54) is 6.07 Å². The highest BCUT2D eigenvalue weighted by atomic mass is 16.4. The summed E-state index contributed by atoms with van der Waals surface area (Å²) in [6, 6.07) is 18.3. The monoisotopic (exact) mass is 362 g/mol. The van der Waals surface area contributed by atoms with Crippen LogP contribution in [0.2, 0.25) is 0 Å². The Morgan fingerprint density at radius 2 is 1.07 bits per heavy atom. The van der Waals surface area contributed by atoms with E-state index < -0.39 is 34.6 Å². The van der Waals surface area contributed by atoms with Gasteiger partial charge >= 0.3 is 17.9 Å². The summed E-state index contributed by atoms with van der Waals surface area (Å²) in [5.41, 5.74) is -0.302. The molecule has 0 amide bonds. The predicted octanol–water partition coefficient (Wildman–Crippen LogP) is 4.12. The lowest BCUT2D eigenvalue weighted by Gasteiger charge is -2.18. The Morgan fingerprint density at radius 3 is 1.52 bits per heavy atom. The average molecular weight is 362 g/mol. The van der Waals surface area contributed by atoms with E-state index in [9.17, 15) is 29.7 Å². The third-order valence-corrected chi connectivity index (χ3v) is 4.13. The standard InChI is InChI=1S/C21H14O6/c22-19(23)15-11-14(12-7-3-1-4-8-12)16(13-9-5-2-6-10-13)18(21(26)27)17(15)20(24)25/h1-11H,(H,22,23)(H,24,25)(H,26,27). The lowest BCUT2D eigenvalue weighted by atomic mass is 9.85. The number of hydrogen-bond donors (Lipinski definition) is 3. The van der Waals surface area contributed by atoms with Gasteiger partial charge in [0.1, 0.15) is 0 Å². The number of hydrogen-bond acceptors (Lipinski definition) is 3. The van der Waals surface area contributed by atoms with Crippen LogP contribution in [0.15, 0.2) is 66.7 Å². The molecule has 0 unspecified atom stereocenters. The molecule has 3 aromatic carbocycles. The van der Waals surface area contributed by atoms with Gasteiger partial charge in [0, 0.05) is 5.56 Å². The van der Waals surface area contributed by atoms with E-state index in [-0.39, 0.29) is 5.56 Å². The van der Waals surface area contributed by atoms with Crippen LogP contribution in [-0.2, 0) is 0 Å². The molecule has 27 heavy (non-hydrogen) atoms. The molecule has 0 radical (unpaired) electrons. The molecule has 0 heterocycles. The first-order chi connectivity index (χ1) is 12.9. The normalized spacial score (nSPS) is 10.4. The van der Waals surface area contributed by atoms with Gasteiger partial charge in [-0.3, -0.25) is 0 Å². The molecule has 0 aliphatic heterocycles. The van der Waals surface area contributed by atoms with E-state index in [0.29, 0.717) is 16.7 Å². The van der Waals surface area contributed by atoms with Gasteiger partial charge in [-0.1, -0.05) is 60.7 Å². The molecule has 6 heteroatoms. The fraction of sp³-hybridized carbons (Fsp3) is 0. The second-order valence-electron chi connectivity index (χ2n) is 5.74. The molecule has 3 rings (SSSR count). The zero-order valence-electron chi connectivity index (χ0n) is 13.9. The number of benzene rings is 3. The summed E-state index contributed by atoms with van der Waals surface area (Å²) in [6.45, 7) is 0. The molecular formula is C21H14O6. The Hall–Kier alpha value is -3.93. The fourth-order valence-corrected chi connectivity index (χ4v) is 3.04. The predicted molar refractivity (Wildman–Crippen MR) is 98.2 cm³/mol. The Balaban J connectivity index is 2.55. The van der Waals surface area contributed by atoms with Crippen molar-refractivity contribution in [3.8, 4) is 22.3 Å². The Morgan fingerprint density at radius 1 is 0.593 bits per heavy atom. The van der Waals surface area contributed by atoms with Crippen molar-refractivity contribution in [3.63, 3.8) is 0 Å². The number of aromatic carboxylic acids is 3. The van der Waals surface area contributed by atoms with Crippen molar-refractivity contribution in [2.75, 3.05) is 0 Å². The maximum Gasteiger partial charge on any atom is 0.337 e. The van der Waals surface area contributed by atoms with E-state index >= 15 is 0 Å². The smallest absolute Gasteiger partial charge is 0.337 e. The summed E-state index contributed by atoms with van der Waals surface area (Å²) in [7, 11) is 0. The van der Waals surface area contributed by atoms with Crippen molar-refractivity contribution >= 4 is 17.9 Å². The largest absolute Gasteiger partial charge is 0.478 e. The maximum atomic E-state index is 12.0. The summed E-state index contributed by atoms with van der Waals surface area (Å²) in [4.78, 5) is 35.5.